The molecule has 4 rings (SSSR count). The summed E-state index contributed by atoms with van der Waals surface area (Å²) < 4.78 is 7.33. The fourth-order valence-electron chi connectivity index (χ4n) is 3.42. The number of aromatic amines is 1. The third-order valence-electron chi connectivity index (χ3n) is 4.93. The van der Waals surface area contributed by atoms with Crippen molar-refractivity contribution in [2.24, 2.45) is 0 Å². The molecule has 4 heterocycles. The summed E-state index contributed by atoms with van der Waals surface area (Å²) in [5, 5.41) is 0. The summed E-state index contributed by atoms with van der Waals surface area (Å²) in [5.74, 6) is 2.59. The highest BCUT2D eigenvalue weighted by Crippen LogP contribution is 2.23. The fraction of sp³-hybridized carbons (Fsp3) is 0.421. The molecule has 0 unspecified atom stereocenters. The number of fused-ring (bicyclic) bond motifs is 1. The Morgan fingerprint density at radius 1 is 1.23 bits per heavy atom. The Morgan fingerprint density at radius 3 is 2.88 bits per heavy atom. The number of ether oxygens (including phenoxy) is 1. The zero-order valence-corrected chi connectivity index (χ0v) is 15.3. The first-order valence-electron chi connectivity index (χ1n) is 9.01. The highest BCUT2D eigenvalue weighted by Gasteiger charge is 2.20. The molecule has 26 heavy (non-hydrogen) atoms. The van der Waals surface area contributed by atoms with Crippen molar-refractivity contribution >= 4 is 0 Å². The molecule has 0 aliphatic carbocycles. The lowest BCUT2D eigenvalue weighted by atomic mass is 10.1. The largest absolute Gasteiger partial charge is 0.481 e. The Bertz CT molecular complexity index is 867. The maximum absolute atomic E-state index is 5.12. The molecule has 1 aliphatic heterocycles. The van der Waals surface area contributed by atoms with Crippen LogP contribution in [0.25, 0.3) is 11.4 Å². The molecule has 0 radical (unpaired) electrons. The van der Waals surface area contributed by atoms with Crippen molar-refractivity contribution in [3.05, 3.63) is 47.9 Å². The van der Waals surface area contributed by atoms with Crippen LogP contribution >= 0.6 is 0 Å². The van der Waals surface area contributed by atoms with E-state index < -0.39 is 0 Å². The molecule has 1 N–H and O–H groups in total. The number of nitrogens with one attached hydrogen (secondary N) is 1. The number of rotatable bonds is 6. The van der Waals surface area contributed by atoms with Crippen LogP contribution in [0.15, 0.2) is 30.7 Å². The van der Waals surface area contributed by atoms with Crippen LogP contribution in [-0.4, -0.2) is 49.6 Å². The normalized spacial score (nSPS) is 14.4. The lowest BCUT2D eigenvalue weighted by molar-refractivity contribution is 0.242. The number of methoxy groups -OCH3 is 1. The third-order valence-corrected chi connectivity index (χ3v) is 4.93. The predicted molar refractivity (Wildman–Crippen MR) is 98.9 cm³/mol. The van der Waals surface area contributed by atoms with E-state index >= 15 is 0 Å². The van der Waals surface area contributed by atoms with Crippen LogP contribution in [0.2, 0.25) is 0 Å². The highest BCUT2D eigenvalue weighted by atomic mass is 16.5. The number of aromatic nitrogens is 5. The number of imidazole rings is 2. The van der Waals surface area contributed by atoms with Gasteiger partial charge in [-0.15, -0.1) is 0 Å². The monoisotopic (exact) mass is 352 g/mol. The summed E-state index contributed by atoms with van der Waals surface area (Å²) in [7, 11) is 1.62. The summed E-state index contributed by atoms with van der Waals surface area (Å²) in [6.45, 7) is 6.12. The average Bonchev–Trinajstić information content (AvgIpc) is 3.27. The minimum atomic E-state index is 0.615. The van der Waals surface area contributed by atoms with Crippen LogP contribution < -0.4 is 4.74 Å². The molecule has 0 amide bonds. The van der Waals surface area contributed by atoms with Gasteiger partial charge in [0.25, 0.3) is 0 Å². The first kappa shape index (κ1) is 16.8. The van der Waals surface area contributed by atoms with Crippen LogP contribution in [0.4, 0.5) is 0 Å². The van der Waals surface area contributed by atoms with Crippen LogP contribution in [0.1, 0.15) is 23.6 Å². The van der Waals surface area contributed by atoms with Crippen molar-refractivity contribution in [1.82, 2.24) is 29.4 Å². The maximum atomic E-state index is 5.12. The second-order valence-corrected chi connectivity index (χ2v) is 6.65. The zero-order chi connectivity index (χ0) is 17.9. The Kier molecular flexibility index (Phi) is 4.71. The molecule has 3 aromatic heterocycles. The number of H-pyrrole nitrogens is 1. The third kappa shape index (κ3) is 3.48. The van der Waals surface area contributed by atoms with Gasteiger partial charge in [-0.3, -0.25) is 4.90 Å². The molecule has 0 atom stereocenters. The molecule has 7 nitrogen and oxygen atoms in total. The minimum Gasteiger partial charge on any atom is -0.481 e. The zero-order valence-electron chi connectivity index (χ0n) is 15.3. The van der Waals surface area contributed by atoms with E-state index in [4.69, 9.17) is 9.72 Å². The Balaban J connectivity index is 1.37. The fourth-order valence-corrected chi connectivity index (χ4v) is 3.42. The van der Waals surface area contributed by atoms with E-state index in [0.717, 1.165) is 56.2 Å². The lowest BCUT2D eigenvalue weighted by Gasteiger charge is -2.25. The number of nitrogens with zero attached hydrogens (tertiary/aromatic N) is 5. The van der Waals surface area contributed by atoms with Crippen LogP contribution in [0.3, 0.4) is 0 Å². The quantitative estimate of drug-likeness (QED) is 0.738. The molecule has 3 aromatic rings. The van der Waals surface area contributed by atoms with Gasteiger partial charge in [-0.05, 0) is 19.4 Å². The average molecular weight is 352 g/mol. The number of hydrogen-bond acceptors (Lipinski definition) is 5. The van der Waals surface area contributed by atoms with Crippen LogP contribution in [0, 0.1) is 6.92 Å². The van der Waals surface area contributed by atoms with E-state index in [1.165, 1.54) is 11.4 Å². The van der Waals surface area contributed by atoms with Gasteiger partial charge in [-0.1, -0.05) is 0 Å². The molecule has 0 fully saturated rings. The van der Waals surface area contributed by atoms with Gasteiger partial charge >= 0.3 is 0 Å². The molecule has 0 saturated heterocycles. The van der Waals surface area contributed by atoms with E-state index in [9.17, 15) is 0 Å². The molecule has 136 valence electrons. The van der Waals surface area contributed by atoms with Crippen molar-refractivity contribution in [2.45, 2.75) is 32.9 Å². The molecule has 7 heteroatoms. The molecule has 0 aromatic carbocycles. The molecule has 0 spiro atoms. The highest BCUT2D eigenvalue weighted by molar-refractivity contribution is 5.55. The second kappa shape index (κ2) is 7.29. The molecule has 0 bridgehead atoms. The Hall–Kier alpha value is -2.67. The topological polar surface area (TPSA) is 71.9 Å². The molecular formula is C19H24N6O. The molecule has 0 saturated carbocycles. The van der Waals surface area contributed by atoms with Gasteiger partial charge in [-0.25, -0.2) is 15.0 Å². The number of pyridine rings is 1. The van der Waals surface area contributed by atoms with E-state index in [0.29, 0.717) is 5.88 Å². The van der Waals surface area contributed by atoms with Crippen LogP contribution in [0.5, 0.6) is 5.88 Å². The van der Waals surface area contributed by atoms with Gasteiger partial charge in [0.1, 0.15) is 11.6 Å². The van der Waals surface area contributed by atoms with E-state index in [-0.39, 0.29) is 0 Å². The van der Waals surface area contributed by atoms with Gasteiger partial charge in [0.15, 0.2) is 0 Å². The Labute approximate surface area is 153 Å². The van der Waals surface area contributed by atoms with E-state index in [2.05, 4.69) is 24.4 Å². The first-order chi connectivity index (χ1) is 12.7. The summed E-state index contributed by atoms with van der Waals surface area (Å²) >= 11 is 0. The van der Waals surface area contributed by atoms with Crippen LogP contribution in [-0.2, 0) is 19.5 Å². The van der Waals surface area contributed by atoms with Crippen molar-refractivity contribution in [3.8, 4) is 17.3 Å². The first-order valence-corrected chi connectivity index (χ1v) is 9.01. The summed E-state index contributed by atoms with van der Waals surface area (Å²) in [5.41, 5.74) is 3.39. The SMILES string of the molecule is COc1ccc(-c2nc3c([nH]2)CN(CCCn2ccnc2C)CC3)cn1. The van der Waals surface area contributed by atoms with Crippen molar-refractivity contribution in [3.63, 3.8) is 0 Å². The second-order valence-electron chi connectivity index (χ2n) is 6.65. The summed E-state index contributed by atoms with van der Waals surface area (Å²) in [4.78, 5) is 19.3. The van der Waals surface area contributed by atoms with Gasteiger partial charge in [0.2, 0.25) is 5.88 Å². The van der Waals surface area contributed by atoms with E-state index in [1.54, 1.807) is 13.3 Å². The van der Waals surface area contributed by atoms with Gasteiger partial charge in [0.05, 0.1) is 18.5 Å². The standard InChI is InChI=1S/C19H24N6O/c1-14-20-7-11-25(14)9-3-8-24-10-6-16-17(13-24)23-19(22-16)15-4-5-18(26-2)21-12-15/h4-5,7,11-12H,3,6,8-10,13H2,1-2H3,(H,22,23). The number of aryl methyl sites for hydroxylation is 2. The van der Waals surface area contributed by atoms with Gasteiger partial charge in [0, 0.05) is 62.8 Å². The van der Waals surface area contributed by atoms with Gasteiger partial charge in [-0.2, -0.15) is 0 Å². The number of hydrogen-bond donors (Lipinski definition) is 1. The molecular weight excluding hydrogens is 328 g/mol. The lowest BCUT2D eigenvalue weighted by Crippen LogP contribution is -2.31. The molecule has 1 aliphatic rings. The summed E-state index contributed by atoms with van der Waals surface area (Å²) in [6.07, 6.45) is 7.82. The minimum absolute atomic E-state index is 0.615. The summed E-state index contributed by atoms with van der Waals surface area (Å²) in [6, 6.07) is 3.85. The van der Waals surface area contributed by atoms with E-state index in [1.807, 2.05) is 31.5 Å². The Morgan fingerprint density at radius 2 is 2.15 bits per heavy atom. The van der Waals surface area contributed by atoms with Crippen molar-refractivity contribution in [2.75, 3.05) is 20.2 Å². The smallest absolute Gasteiger partial charge is 0.212 e. The van der Waals surface area contributed by atoms with Gasteiger partial charge < -0.3 is 14.3 Å². The predicted octanol–water partition coefficient (Wildman–Crippen LogP) is 2.43. The maximum Gasteiger partial charge on any atom is 0.212 e. The van der Waals surface area contributed by atoms with Crippen molar-refractivity contribution < 1.29 is 4.74 Å². The van der Waals surface area contributed by atoms with Crippen molar-refractivity contribution in [1.29, 1.82) is 0 Å².